The van der Waals surface area contributed by atoms with Gasteiger partial charge >= 0.3 is 122 Å². The van der Waals surface area contributed by atoms with Gasteiger partial charge in [-0.15, -0.1) is 66.8 Å². The summed E-state index contributed by atoms with van der Waals surface area (Å²) in [6.45, 7) is 1.29. The van der Waals surface area contributed by atoms with Crippen LogP contribution < -0.4 is 125 Å². The standard InChI is InChI=1S/C17H14F3N3O.C10H10BrN3OS.C10H10BrN3O.C8H6BrNS.C7H6BF3O2.C2H6N2O2.2CH2Cl2.CH2O3.2K.H2O.41H2.H/c18-17(19,20)15-7-5-14(6-8-15)13-3-1-12(2-4-13)9-23-11-21-22-16(23)10-24;11-8-3-1-7(2-4-8)5-14-9(6-15)12-13-10(14)16;11-9-3-1-8(2-4-9)5-14-7-12-13-10(14)6-15;9-8-3-1-7(2-4-8)5-10-6-11;9-7(10,11)5-1-3-6(4-2-5)8(12)13;3-4-2(6)1-5;2*2-1-3;2-1-4-3;;;;;;;;;;;;;;;;;;;;;;;;;;;;;;;;;;;;;;;;;;;;;/h1-8,11,24H,9-10H2;1-4,15H,5-6H2,(H,13,16);1-4,7,15H,5-6H2;1-4H,5H2;1-4,12-13H;5H,1,3H2,(H,4,6);2*1H2;1,3H;;;1H2;41*1H;/q;;;;;;;;;2*+1;;;;;;;;;;;;;;;;;;;;;;;;;;;;;;;;;;;;;;;;;;;-1/p-1/i;;;;;;;;;;;;39*1+1D;2*1+1;. The fourth-order valence-electron chi connectivity index (χ4n) is 6.71. The molecule has 604 valence electrons. The van der Waals surface area contributed by atoms with Crippen molar-refractivity contribution in [3.63, 3.8) is 0 Å². The van der Waals surface area contributed by atoms with E-state index in [2.05, 4.69) is 111 Å². The summed E-state index contributed by atoms with van der Waals surface area (Å²) in [5.74, 6) is 5.55. The molecule has 3 aromatic heterocycles. The van der Waals surface area contributed by atoms with E-state index in [0.29, 0.717) is 48.4 Å². The molecule has 0 aliphatic carbocycles. The predicted octanol–water partition coefficient (Wildman–Crippen LogP) is 13.4. The van der Waals surface area contributed by atoms with E-state index >= 15 is 0 Å². The summed E-state index contributed by atoms with van der Waals surface area (Å²) in [5.41, 5.74) is 6.21. The first-order valence-corrected chi connectivity index (χ1v) is 31.4. The van der Waals surface area contributed by atoms with Gasteiger partial charge in [0.05, 0.1) is 53.1 Å². The molecule has 9 aromatic rings. The van der Waals surface area contributed by atoms with E-state index in [9.17, 15) is 31.1 Å². The second-order valence-corrected chi connectivity index (χ2v) is 22.4. The Morgan fingerprint density at radius 2 is 1.01 bits per heavy atom. The van der Waals surface area contributed by atoms with E-state index < -0.39 is 43.1 Å². The number of carbonyl (C=O) groups is 2. The van der Waals surface area contributed by atoms with Gasteiger partial charge in [0.1, 0.15) is 39.1 Å². The second kappa shape index (κ2) is 57.3. The van der Waals surface area contributed by atoms with Crippen LogP contribution in [-0.4, -0.2) is 122 Å². The van der Waals surface area contributed by atoms with Gasteiger partial charge in [0.2, 0.25) is 0 Å². The van der Waals surface area contributed by atoms with Crippen molar-refractivity contribution in [2.24, 2.45) is 10.8 Å². The first-order valence-electron chi connectivity index (χ1n) is 65.1. The van der Waals surface area contributed by atoms with Crippen LogP contribution in [0.2, 0.25) is 0 Å². The first kappa shape index (κ1) is 48.8. The molecule has 0 radical (unpaired) electrons. The Labute approximate surface area is 823 Å². The molecule has 0 aliphatic rings. The van der Waals surface area contributed by atoms with Gasteiger partial charge in [0, 0.05) is 132 Å². The Bertz CT molecular complexity index is 3860. The number of nitrogens with one attached hydrogen (secondary N) is 2. The van der Waals surface area contributed by atoms with Crippen LogP contribution in [0.1, 0.15) is 171 Å². The number of aliphatic hydroxyl groups is 4. The molecular formula is C57H142BBr3Cl4F6K2N12O11S2. The van der Waals surface area contributed by atoms with E-state index in [1.807, 2.05) is 102 Å². The van der Waals surface area contributed by atoms with Crippen molar-refractivity contribution < 1.29 is 305 Å². The summed E-state index contributed by atoms with van der Waals surface area (Å²) in [4.78, 5) is 24.8. The molecule has 12 N–H and O–H groups in total. The van der Waals surface area contributed by atoms with Gasteiger partial charge in [0.25, 0.3) is 12.4 Å². The number of isothiocyanates is 1. The van der Waals surface area contributed by atoms with Crippen LogP contribution in [0.25, 0.3) is 11.1 Å². The molecule has 0 spiro atoms. The number of halogens is 13. The van der Waals surface area contributed by atoms with E-state index in [-0.39, 0.29) is 155 Å². The maximum absolute atomic E-state index is 12.6. The Hall–Kier alpha value is -3.14. The Morgan fingerprint density at radius 1 is 0.673 bits per heavy atom. The van der Waals surface area contributed by atoms with E-state index in [1.54, 1.807) is 20.9 Å². The van der Waals surface area contributed by atoms with Crippen LogP contribution >= 0.6 is 119 Å². The third-order valence-electron chi connectivity index (χ3n) is 11.1. The van der Waals surface area contributed by atoms with E-state index in [1.165, 1.54) is 18.5 Å². The molecule has 0 atom stereocenters. The number of hydrazine groups is 1. The molecule has 0 aliphatic heterocycles. The average molecular weight is 1900 g/mol. The molecule has 1 amide bonds. The molecule has 41 heteroatoms. The fourth-order valence-corrected chi connectivity index (χ4v) is 7.79. The van der Waals surface area contributed by atoms with Crippen molar-refractivity contribution in [3.8, 4) is 11.1 Å². The number of thiocarbonyl (C=S) groups is 1. The Kier molecular flexibility index (Phi) is 28.5. The number of rotatable bonds is 15. The molecule has 0 unspecified atom stereocenters. The predicted molar refractivity (Wildman–Crippen MR) is 453 cm³/mol. The second-order valence-electron chi connectivity index (χ2n) is 17.4. The summed E-state index contributed by atoms with van der Waals surface area (Å²) >= 11 is 38.7. The van der Waals surface area contributed by atoms with Gasteiger partial charge in [-0.05, 0) is 112 Å². The number of amides is 1. The number of aliphatic imine (C=N–C) groups is 1. The smallest absolute Gasteiger partial charge is 1.00 e. The van der Waals surface area contributed by atoms with Crippen LogP contribution in [0, 0.1) is 4.77 Å². The van der Waals surface area contributed by atoms with Gasteiger partial charge in [-0.1, -0.05) is 145 Å². The Morgan fingerprint density at radius 3 is 1.32 bits per heavy atom. The van der Waals surface area contributed by atoms with E-state index in [4.69, 9.17) is 215 Å². The van der Waals surface area contributed by atoms with Crippen molar-refractivity contribution in [1.82, 2.24) is 49.7 Å². The number of carbonyl (C=O) groups excluding carboxylic acids is 2. The number of hydrogen-bond acceptors (Lipinski definition) is 19. The largest absolute Gasteiger partial charge is 1.00 e. The Balaban J connectivity index is -0.0000000250. The number of nitrogens with zero attached hydrogens (tertiary/aromatic N) is 9. The summed E-state index contributed by atoms with van der Waals surface area (Å²) < 4.78 is 473. The maximum Gasteiger partial charge on any atom is 1.00 e. The molecule has 0 saturated heterocycles. The van der Waals surface area contributed by atoms with Gasteiger partial charge in [-0.2, -0.15) is 31.4 Å². The average Bonchev–Trinajstić information content (AvgIpc) is 1.73. The quantitative estimate of drug-likeness (QED) is 0.00440. The first-order chi connectivity index (χ1) is 84.3. The van der Waals surface area contributed by atoms with Crippen molar-refractivity contribution in [1.29, 1.82) is 0 Å². The van der Waals surface area contributed by atoms with Crippen molar-refractivity contribution >= 4 is 149 Å². The molecule has 3 heterocycles. The number of nitrogens with two attached hydrogens (primary N) is 1. The number of hydrogen-bond donors (Lipinski definition) is 9. The maximum atomic E-state index is 12.6. The number of aliphatic hydroxyl groups excluding tert-OH is 4. The van der Waals surface area contributed by atoms with Crippen molar-refractivity contribution in [3.05, 3.63) is 227 Å². The number of alkyl halides is 10. The third-order valence-corrected chi connectivity index (χ3v) is 13.2. The normalized spacial score (nSPS) is 12.9. The van der Waals surface area contributed by atoms with Gasteiger partial charge in [-0.25, -0.2) is 10.8 Å². The van der Waals surface area contributed by atoms with Gasteiger partial charge in [0.15, 0.2) is 22.2 Å². The number of H-pyrrole nitrogens is 1. The summed E-state index contributed by atoms with van der Waals surface area (Å²) in [5, 5.41) is 85.1. The zero-order valence-electron chi connectivity index (χ0n) is 130. The molecule has 9 rings (SSSR count). The van der Waals surface area contributed by atoms with Crippen molar-refractivity contribution in [2.75, 3.05) is 17.3 Å². The number of benzene rings is 6. The number of aromatic nitrogens is 9. The van der Waals surface area contributed by atoms with E-state index in [0.717, 1.165) is 83.2 Å². The molecule has 98 heavy (non-hydrogen) atoms. The zero-order valence-corrected chi connectivity index (χ0v) is 67.0. The molecule has 0 saturated carbocycles. The molecular weight excluding hydrogens is 1680 g/mol. The van der Waals surface area contributed by atoms with Crippen LogP contribution in [-0.2, 0) is 72.8 Å². The zero-order chi connectivity index (χ0) is 149. The van der Waals surface area contributed by atoms with Gasteiger partial charge in [-0.3, -0.25) is 24.7 Å². The molecule has 0 fully saturated rings. The SMILES string of the molecule is ClCCl.ClCCl.NNC(=O)CO.O.O=CO[O-].OB(O)c1ccc(C(F)(F)F)cc1.OCc1n[nH]c(=S)n1Cc1ccc(Br)cc1.OCc1nncn1Cc1ccc(-c2ccc(C(F)(F)F)cc2)cc1.OCc1nncn1Cc1ccc(Br)cc1.S=C=NCc1ccc(Br)cc1.[2HH].[2HH].[2H][2H].[2H][2H].[2H][2H].[2H][2H].[2H][2H].[2H][2H].[2H][2H].[2H][2H].[2H][2H].[2H][2H].[2H][2H].[2H][2H].[2H][2H].[2H][2H].[2H][2H].[2H][2H].[2H][2H].[2H][2H].[2H][2H].[2H][2H].[2H][2H].[2H][2H].[2H][2H].[2H][2H].[2H][2H].[2H][2H].[2H][2H].[2H][2H].[2H][2H].[2H][2H].[2H][2H].[2H][2H].[2H][2H].[2H][2H].[2H][2H].[2H][2H].[2H][2H].[2H][2H].[2H][2H].[H-].[K+].[K+]. The summed E-state index contributed by atoms with van der Waals surface area (Å²) in [6, 6.07) is 40.1. The third kappa shape index (κ3) is 41.8. The van der Waals surface area contributed by atoms with Gasteiger partial charge < -0.3 is 56.7 Å². The van der Waals surface area contributed by atoms with Crippen LogP contribution in [0.4, 0.5) is 26.3 Å². The molecule has 23 nitrogen and oxygen atoms in total. The van der Waals surface area contributed by atoms with Crippen molar-refractivity contribution in [2.45, 2.75) is 58.4 Å². The van der Waals surface area contributed by atoms with Crippen LogP contribution in [0.3, 0.4) is 0 Å². The fraction of sp³-hybridized carbons (Fsp3) is 0.211. The minimum Gasteiger partial charge on any atom is -1.00 e. The number of aromatic amines is 1. The molecule has 6 aromatic carbocycles. The summed E-state index contributed by atoms with van der Waals surface area (Å²) in [6.07, 6.45) is -5.56. The monoisotopic (exact) mass is 1900 g/mol. The molecule has 0 bridgehead atoms. The minimum atomic E-state index is -4.39. The summed E-state index contributed by atoms with van der Waals surface area (Å²) in [7, 11) is -1.73. The van der Waals surface area contributed by atoms with Crippen LogP contribution in [0.5, 0.6) is 0 Å². The van der Waals surface area contributed by atoms with Crippen LogP contribution in [0.15, 0.2) is 177 Å². The minimum absolute atomic E-state index is 0. The topological polar surface area (TPSA) is 365 Å².